The molecule has 0 unspecified atom stereocenters. The van der Waals surface area contributed by atoms with Crippen LogP contribution in [-0.4, -0.2) is 15.0 Å². The quantitative estimate of drug-likeness (QED) is 0.325. The largest absolute Gasteiger partial charge is 0.461 e. The molecule has 0 atom stereocenters. The van der Waals surface area contributed by atoms with E-state index in [1.54, 1.807) is 0 Å². The smallest absolute Gasteiger partial charge is 0.164 e. The molecule has 2 heterocycles. The zero-order valence-corrected chi connectivity index (χ0v) is 17.7. The highest BCUT2D eigenvalue weighted by molar-refractivity contribution is 5.86. The van der Waals surface area contributed by atoms with Gasteiger partial charge in [-0.2, -0.15) is 0 Å². The zero-order valence-electron chi connectivity index (χ0n) is 17.7. The molecule has 5 rings (SSSR count). The molecule has 0 bridgehead atoms. The molecule has 152 valence electrons. The topological polar surface area (TPSA) is 51.8 Å². The SMILES string of the molecule is CCc1oc2ccc(-c3nc(-c4ccccc4)nc(-c4ccccc4)n3)cc2c1CC. The number of aromatic nitrogens is 3. The second-order valence-electron chi connectivity index (χ2n) is 7.46. The minimum atomic E-state index is 0.663. The van der Waals surface area contributed by atoms with Gasteiger partial charge in [-0.1, -0.05) is 74.5 Å². The summed E-state index contributed by atoms with van der Waals surface area (Å²) in [5.74, 6) is 3.06. The monoisotopic (exact) mass is 405 g/mol. The Morgan fingerprint density at radius 1 is 0.613 bits per heavy atom. The van der Waals surface area contributed by atoms with E-state index in [1.807, 2.05) is 72.8 Å². The van der Waals surface area contributed by atoms with Crippen LogP contribution in [0.4, 0.5) is 0 Å². The van der Waals surface area contributed by atoms with Crippen LogP contribution in [0.5, 0.6) is 0 Å². The first-order valence-electron chi connectivity index (χ1n) is 10.7. The maximum Gasteiger partial charge on any atom is 0.164 e. The second-order valence-corrected chi connectivity index (χ2v) is 7.46. The molecule has 0 saturated heterocycles. The third-order valence-electron chi connectivity index (χ3n) is 5.51. The normalized spacial score (nSPS) is 11.2. The third-order valence-corrected chi connectivity index (χ3v) is 5.51. The Morgan fingerprint density at radius 3 is 1.68 bits per heavy atom. The van der Waals surface area contributed by atoms with E-state index in [0.717, 1.165) is 46.3 Å². The lowest BCUT2D eigenvalue weighted by molar-refractivity contribution is 0.551. The number of nitrogens with zero attached hydrogens (tertiary/aromatic N) is 3. The van der Waals surface area contributed by atoms with Crippen molar-refractivity contribution in [2.75, 3.05) is 0 Å². The predicted octanol–water partition coefficient (Wildman–Crippen LogP) is 6.74. The zero-order chi connectivity index (χ0) is 21.2. The first-order valence-corrected chi connectivity index (χ1v) is 10.7. The fraction of sp³-hybridized carbons (Fsp3) is 0.148. The van der Waals surface area contributed by atoms with E-state index >= 15 is 0 Å². The maximum atomic E-state index is 6.06. The van der Waals surface area contributed by atoms with E-state index in [9.17, 15) is 0 Å². The molecule has 0 spiro atoms. The van der Waals surface area contributed by atoms with Crippen LogP contribution in [0.15, 0.2) is 83.3 Å². The Balaban J connectivity index is 1.71. The predicted molar refractivity (Wildman–Crippen MR) is 125 cm³/mol. The Labute approximate surface area is 181 Å². The van der Waals surface area contributed by atoms with Crippen molar-refractivity contribution in [3.63, 3.8) is 0 Å². The molecule has 0 amide bonds. The van der Waals surface area contributed by atoms with Crippen LogP contribution >= 0.6 is 0 Å². The van der Waals surface area contributed by atoms with E-state index in [0.29, 0.717) is 17.5 Å². The molecule has 5 aromatic rings. The van der Waals surface area contributed by atoms with Gasteiger partial charge in [-0.05, 0) is 24.6 Å². The van der Waals surface area contributed by atoms with Crippen LogP contribution in [-0.2, 0) is 12.8 Å². The van der Waals surface area contributed by atoms with Crippen molar-refractivity contribution in [1.82, 2.24) is 15.0 Å². The van der Waals surface area contributed by atoms with Gasteiger partial charge in [0.05, 0.1) is 0 Å². The van der Waals surface area contributed by atoms with E-state index in [2.05, 4.69) is 19.9 Å². The molecule has 0 aliphatic rings. The maximum absolute atomic E-state index is 6.06. The van der Waals surface area contributed by atoms with Gasteiger partial charge in [0.2, 0.25) is 0 Å². The lowest BCUT2D eigenvalue weighted by atomic mass is 10.0. The van der Waals surface area contributed by atoms with E-state index in [1.165, 1.54) is 5.56 Å². The summed E-state index contributed by atoms with van der Waals surface area (Å²) in [6.07, 6.45) is 1.82. The van der Waals surface area contributed by atoms with E-state index < -0.39 is 0 Å². The highest BCUT2D eigenvalue weighted by Crippen LogP contribution is 2.31. The summed E-state index contributed by atoms with van der Waals surface area (Å²) in [5, 5.41) is 1.14. The molecule has 0 N–H and O–H groups in total. The van der Waals surface area contributed by atoms with Gasteiger partial charge in [0, 0.05) is 34.1 Å². The molecule has 2 aromatic heterocycles. The van der Waals surface area contributed by atoms with E-state index in [4.69, 9.17) is 19.4 Å². The number of fused-ring (bicyclic) bond motifs is 1. The van der Waals surface area contributed by atoms with Crippen LogP contribution < -0.4 is 0 Å². The Hall–Kier alpha value is -3.79. The van der Waals surface area contributed by atoms with Gasteiger partial charge in [0.1, 0.15) is 11.3 Å². The van der Waals surface area contributed by atoms with Gasteiger partial charge in [-0.25, -0.2) is 15.0 Å². The summed E-state index contributed by atoms with van der Waals surface area (Å²) in [6.45, 7) is 4.29. The second kappa shape index (κ2) is 8.15. The lowest BCUT2D eigenvalue weighted by Gasteiger charge is -2.08. The minimum Gasteiger partial charge on any atom is -0.461 e. The molecule has 3 aromatic carbocycles. The van der Waals surface area contributed by atoms with Gasteiger partial charge < -0.3 is 4.42 Å². The first-order chi connectivity index (χ1) is 15.3. The lowest BCUT2D eigenvalue weighted by Crippen LogP contribution is -2.00. The molecule has 0 radical (unpaired) electrons. The van der Waals surface area contributed by atoms with Crippen LogP contribution in [0, 0.1) is 0 Å². The van der Waals surface area contributed by atoms with Gasteiger partial charge in [-0.3, -0.25) is 0 Å². The van der Waals surface area contributed by atoms with Crippen molar-refractivity contribution in [2.45, 2.75) is 26.7 Å². The number of rotatable bonds is 5. The summed E-state index contributed by atoms with van der Waals surface area (Å²) >= 11 is 0. The fourth-order valence-electron chi connectivity index (χ4n) is 3.95. The van der Waals surface area contributed by atoms with Crippen LogP contribution in [0.25, 0.3) is 45.1 Å². The molecular weight excluding hydrogens is 382 g/mol. The average Bonchev–Trinajstić information content (AvgIpc) is 3.22. The average molecular weight is 406 g/mol. The van der Waals surface area contributed by atoms with Gasteiger partial charge in [0.25, 0.3) is 0 Å². The standard InChI is InChI=1S/C27H23N3O/c1-3-21-22-17-20(15-16-24(22)31-23(21)4-2)27-29-25(18-11-7-5-8-12-18)28-26(30-27)19-13-9-6-10-14-19/h5-17H,3-4H2,1-2H3. The van der Waals surface area contributed by atoms with Crippen molar-refractivity contribution in [3.8, 4) is 34.2 Å². The summed E-state index contributed by atoms with van der Waals surface area (Å²) in [4.78, 5) is 14.4. The highest BCUT2D eigenvalue weighted by atomic mass is 16.3. The molecule has 0 aliphatic heterocycles. The summed E-state index contributed by atoms with van der Waals surface area (Å²) in [7, 11) is 0. The number of furan rings is 1. The van der Waals surface area contributed by atoms with Crippen LogP contribution in [0.1, 0.15) is 25.2 Å². The Kier molecular flexibility index (Phi) is 5.04. The van der Waals surface area contributed by atoms with Crippen molar-refractivity contribution in [2.24, 2.45) is 0 Å². The van der Waals surface area contributed by atoms with Gasteiger partial charge >= 0.3 is 0 Å². The molecule has 0 fully saturated rings. The first kappa shape index (κ1) is 19.2. The Morgan fingerprint density at radius 2 is 1.16 bits per heavy atom. The molecule has 31 heavy (non-hydrogen) atoms. The molecule has 4 nitrogen and oxygen atoms in total. The van der Waals surface area contributed by atoms with Crippen molar-refractivity contribution >= 4 is 11.0 Å². The number of hydrogen-bond donors (Lipinski definition) is 0. The van der Waals surface area contributed by atoms with Gasteiger partial charge in [-0.15, -0.1) is 0 Å². The molecule has 0 aliphatic carbocycles. The summed E-state index contributed by atoms with van der Waals surface area (Å²) < 4.78 is 6.06. The summed E-state index contributed by atoms with van der Waals surface area (Å²) in [6, 6.07) is 26.3. The number of hydrogen-bond acceptors (Lipinski definition) is 4. The van der Waals surface area contributed by atoms with Crippen molar-refractivity contribution < 1.29 is 4.42 Å². The Bertz CT molecular complexity index is 1280. The van der Waals surface area contributed by atoms with Crippen molar-refractivity contribution in [1.29, 1.82) is 0 Å². The minimum absolute atomic E-state index is 0.663. The number of benzene rings is 3. The molecule has 0 saturated carbocycles. The third kappa shape index (κ3) is 3.61. The highest BCUT2D eigenvalue weighted by Gasteiger charge is 2.15. The molecular formula is C27H23N3O. The summed E-state index contributed by atoms with van der Waals surface area (Å²) in [5.41, 5.74) is 5.07. The van der Waals surface area contributed by atoms with Gasteiger partial charge in [0.15, 0.2) is 17.5 Å². The fourth-order valence-corrected chi connectivity index (χ4v) is 3.95. The molecule has 4 heteroatoms. The number of aryl methyl sites for hydroxylation is 2. The van der Waals surface area contributed by atoms with Crippen LogP contribution in [0.2, 0.25) is 0 Å². The van der Waals surface area contributed by atoms with Crippen LogP contribution in [0.3, 0.4) is 0 Å². The van der Waals surface area contributed by atoms with Crippen molar-refractivity contribution in [3.05, 3.63) is 90.2 Å². The van der Waals surface area contributed by atoms with E-state index in [-0.39, 0.29) is 0 Å².